The molecule has 5 heteroatoms. The molecule has 0 aliphatic rings. The second-order valence-corrected chi connectivity index (χ2v) is 8.87. The van der Waals surface area contributed by atoms with E-state index in [1.807, 2.05) is 24.3 Å². The third-order valence-corrected chi connectivity index (χ3v) is 6.34. The summed E-state index contributed by atoms with van der Waals surface area (Å²) in [6.07, 6.45) is 0.954. The number of hydrogen-bond donors (Lipinski definition) is 1. The van der Waals surface area contributed by atoms with Crippen LogP contribution in [0.1, 0.15) is 32.8 Å². The molecule has 31 heavy (non-hydrogen) atoms. The minimum atomic E-state index is -1.04. The fourth-order valence-corrected chi connectivity index (χ4v) is 4.56. The van der Waals surface area contributed by atoms with Crippen molar-refractivity contribution >= 4 is 28.9 Å². The third-order valence-electron chi connectivity index (χ3n) is 5.31. The molecular weight excluding hydrogens is 406 g/mol. The lowest BCUT2D eigenvalue weighted by atomic mass is 10.1. The smallest absolute Gasteiger partial charge is 0.372 e. The number of carboxylic acid groups (broad SMARTS) is 1. The van der Waals surface area contributed by atoms with Crippen molar-refractivity contribution in [1.82, 2.24) is 4.31 Å². The predicted octanol–water partition coefficient (Wildman–Crippen LogP) is 6.50. The lowest BCUT2D eigenvalue weighted by Gasteiger charge is -2.21. The minimum absolute atomic E-state index is 0.0118. The van der Waals surface area contributed by atoms with E-state index in [1.54, 1.807) is 18.9 Å². The highest BCUT2D eigenvalue weighted by Crippen LogP contribution is 2.32. The maximum atomic E-state index is 11.4. The van der Waals surface area contributed by atoms with Crippen LogP contribution in [0.3, 0.4) is 0 Å². The molecule has 0 fully saturated rings. The van der Waals surface area contributed by atoms with Gasteiger partial charge in [-0.2, -0.15) is 0 Å². The van der Waals surface area contributed by atoms with Crippen LogP contribution in [0.25, 0.3) is 11.0 Å². The fourth-order valence-electron chi connectivity index (χ4n) is 3.56. The number of carbonyl (C=O) groups is 1. The van der Waals surface area contributed by atoms with Gasteiger partial charge in [0.15, 0.2) is 0 Å². The molecule has 0 unspecified atom stereocenters. The van der Waals surface area contributed by atoms with Crippen LogP contribution >= 0.6 is 11.9 Å². The maximum Gasteiger partial charge on any atom is 0.372 e. The first kappa shape index (κ1) is 21.2. The van der Waals surface area contributed by atoms with Gasteiger partial charge in [0.1, 0.15) is 5.58 Å². The number of hydrogen-bond acceptors (Lipinski definition) is 4. The van der Waals surface area contributed by atoms with E-state index in [0.29, 0.717) is 11.1 Å². The fraction of sp³-hybridized carbons (Fsp3) is 0.192. The Morgan fingerprint density at radius 2 is 1.71 bits per heavy atom. The lowest BCUT2D eigenvalue weighted by molar-refractivity contribution is 0.0664. The number of furan rings is 1. The quantitative estimate of drug-likeness (QED) is 0.323. The van der Waals surface area contributed by atoms with E-state index in [9.17, 15) is 9.90 Å². The number of nitrogens with zero attached hydrogens (tertiary/aromatic N) is 1. The van der Waals surface area contributed by atoms with Crippen LogP contribution in [0.4, 0.5) is 0 Å². The Labute approximate surface area is 186 Å². The summed E-state index contributed by atoms with van der Waals surface area (Å²) in [4.78, 5) is 12.5. The second-order valence-electron chi connectivity index (χ2n) is 7.70. The van der Waals surface area contributed by atoms with E-state index in [1.165, 1.54) is 16.7 Å². The Bertz CT molecular complexity index is 1180. The Morgan fingerprint density at radius 1 is 0.968 bits per heavy atom. The zero-order valence-electron chi connectivity index (χ0n) is 17.7. The van der Waals surface area contributed by atoms with Crippen molar-refractivity contribution in [2.75, 3.05) is 6.54 Å². The first-order valence-electron chi connectivity index (χ1n) is 10.3. The average molecular weight is 432 g/mol. The first-order valence-corrected chi connectivity index (χ1v) is 11.1. The second kappa shape index (κ2) is 9.41. The monoisotopic (exact) mass is 431 g/mol. The summed E-state index contributed by atoms with van der Waals surface area (Å²) in [6.45, 7) is 5.61. The minimum Gasteiger partial charge on any atom is -0.475 e. The Hall–Kier alpha value is -3.02. The average Bonchev–Trinajstić information content (AvgIpc) is 3.11. The van der Waals surface area contributed by atoms with Crippen LogP contribution in [-0.4, -0.2) is 21.9 Å². The van der Waals surface area contributed by atoms with Gasteiger partial charge in [-0.15, -0.1) is 0 Å². The summed E-state index contributed by atoms with van der Waals surface area (Å²) < 4.78 is 7.86. The molecule has 0 saturated carbocycles. The Morgan fingerprint density at radius 3 is 2.42 bits per heavy atom. The highest BCUT2D eigenvalue weighted by molar-refractivity contribution is 7.97. The van der Waals surface area contributed by atoms with Gasteiger partial charge >= 0.3 is 5.97 Å². The molecule has 0 aliphatic heterocycles. The van der Waals surface area contributed by atoms with Crippen molar-refractivity contribution in [3.05, 3.63) is 101 Å². The molecule has 0 amide bonds. The molecule has 0 radical (unpaired) electrons. The van der Waals surface area contributed by atoms with Gasteiger partial charge < -0.3 is 9.52 Å². The van der Waals surface area contributed by atoms with E-state index in [-0.39, 0.29) is 5.76 Å². The summed E-state index contributed by atoms with van der Waals surface area (Å²) in [5, 5.41) is 10.2. The van der Waals surface area contributed by atoms with Crippen molar-refractivity contribution in [2.24, 2.45) is 0 Å². The van der Waals surface area contributed by atoms with Crippen molar-refractivity contribution in [3.8, 4) is 0 Å². The Balaban J connectivity index is 1.57. The molecule has 158 valence electrons. The topological polar surface area (TPSA) is 53.7 Å². The summed E-state index contributed by atoms with van der Waals surface area (Å²) in [6, 6.07) is 25.0. The van der Waals surface area contributed by atoms with Crippen molar-refractivity contribution in [2.45, 2.75) is 31.7 Å². The van der Waals surface area contributed by atoms with Crippen molar-refractivity contribution in [3.63, 3.8) is 0 Å². The molecule has 0 atom stereocenters. The largest absolute Gasteiger partial charge is 0.475 e. The van der Waals surface area contributed by atoms with Crippen LogP contribution in [-0.2, 0) is 13.0 Å². The number of carboxylic acids is 1. The molecule has 1 N–H and O–H groups in total. The molecule has 4 nitrogen and oxygen atoms in total. The van der Waals surface area contributed by atoms with E-state index in [4.69, 9.17) is 4.42 Å². The highest BCUT2D eigenvalue weighted by atomic mass is 32.2. The summed E-state index contributed by atoms with van der Waals surface area (Å²) in [7, 11) is 0. The van der Waals surface area contributed by atoms with Gasteiger partial charge in [0.25, 0.3) is 0 Å². The Kier molecular flexibility index (Phi) is 6.44. The van der Waals surface area contributed by atoms with Gasteiger partial charge in [0, 0.05) is 28.9 Å². The summed E-state index contributed by atoms with van der Waals surface area (Å²) in [5.41, 5.74) is 5.10. The van der Waals surface area contributed by atoms with Gasteiger partial charge in [0.05, 0.1) is 0 Å². The summed E-state index contributed by atoms with van der Waals surface area (Å²) in [5.74, 6) is -1.02. The van der Waals surface area contributed by atoms with E-state index < -0.39 is 5.97 Å². The molecule has 3 aromatic carbocycles. The molecule has 0 saturated heterocycles. The molecule has 4 aromatic rings. The van der Waals surface area contributed by atoms with Gasteiger partial charge in [-0.25, -0.2) is 9.10 Å². The molecular formula is C26H25NO3S. The third kappa shape index (κ3) is 5.19. The number of fused-ring (bicyclic) bond motifs is 1. The molecule has 0 spiro atoms. The van der Waals surface area contributed by atoms with Crippen LogP contribution in [0.2, 0.25) is 0 Å². The lowest BCUT2D eigenvalue weighted by Crippen LogP contribution is -2.18. The van der Waals surface area contributed by atoms with Crippen molar-refractivity contribution < 1.29 is 14.3 Å². The first-order chi connectivity index (χ1) is 15.0. The number of aromatic carboxylic acids is 1. The van der Waals surface area contributed by atoms with E-state index in [0.717, 1.165) is 29.8 Å². The SMILES string of the molecule is Cc1ccc(CN(CCc2ccccc2)Sc2ccc3oc(C(=O)O)c(C)c3c2)cc1. The number of benzene rings is 3. The molecule has 1 heterocycles. The highest BCUT2D eigenvalue weighted by Gasteiger charge is 2.17. The van der Waals surface area contributed by atoms with Crippen LogP contribution in [0.15, 0.2) is 82.1 Å². The van der Waals surface area contributed by atoms with Gasteiger partial charge in [0.2, 0.25) is 5.76 Å². The van der Waals surface area contributed by atoms with Gasteiger partial charge in [-0.1, -0.05) is 60.2 Å². The molecule has 0 bridgehead atoms. The molecule has 4 rings (SSSR count). The van der Waals surface area contributed by atoms with E-state index in [2.05, 4.69) is 59.8 Å². The van der Waals surface area contributed by atoms with Crippen LogP contribution in [0, 0.1) is 13.8 Å². The maximum absolute atomic E-state index is 11.4. The zero-order chi connectivity index (χ0) is 21.8. The van der Waals surface area contributed by atoms with Gasteiger partial charge in [-0.05, 0) is 61.5 Å². The number of rotatable bonds is 8. The normalized spacial score (nSPS) is 11.3. The van der Waals surface area contributed by atoms with Gasteiger partial charge in [-0.3, -0.25) is 0 Å². The number of aryl methyl sites for hydroxylation is 2. The molecule has 0 aliphatic carbocycles. The predicted molar refractivity (Wildman–Crippen MR) is 126 cm³/mol. The summed E-state index contributed by atoms with van der Waals surface area (Å²) >= 11 is 1.69. The van der Waals surface area contributed by atoms with E-state index >= 15 is 0 Å². The van der Waals surface area contributed by atoms with Crippen molar-refractivity contribution in [1.29, 1.82) is 0 Å². The standard InChI is InChI=1S/C26H25NO3S/c1-18-8-10-21(11-9-18)17-27(15-14-20-6-4-3-5-7-20)31-22-12-13-24-23(16-22)19(2)25(30-24)26(28)29/h3-13,16H,14-15,17H2,1-2H3,(H,28,29). The molecule has 1 aromatic heterocycles. The van der Waals surface area contributed by atoms with Crippen LogP contribution < -0.4 is 0 Å². The zero-order valence-corrected chi connectivity index (χ0v) is 18.5. The van der Waals surface area contributed by atoms with Crippen LogP contribution in [0.5, 0.6) is 0 Å².